The summed E-state index contributed by atoms with van der Waals surface area (Å²) in [5.74, 6) is 1.77. The fraction of sp³-hybridized carbons (Fsp3) is 0.435. The van der Waals surface area contributed by atoms with Gasteiger partial charge in [0.25, 0.3) is 5.88 Å². The summed E-state index contributed by atoms with van der Waals surface area (Å²) in [6.45, 7) is 0.0861. The number of methoxy groups -OCH3 is 1. The molecule has 5 rings (SSSR count). The van der Waals surface area contributed by atoms with E-state index in [1.807, 2.05) is 0 Å². The minimum Gasteiger partial charge on any atom is -0.474 e. The summed E-state index contributed by atoms with van der Waals surface area (Å²) in [4.78, 5) is 8.52. The molecule has 9 heteroatoms. The van der Waals surface area contributed by atoms with Crippen LogP contribution in [-0.2, 0) is 10.4 Å². The Balaban J connectivity index is 1.16. The van der Waals surface area contributed by atoms with E-state index >= 15 is 4.39 Å². The first-order chi connectivity index (χ1) is 15.6. The molecule has 2 aliphatic rings. The number of hydrogen-bond donors (Lipinski definition) is 0. The van der Waals surface area contributed by atoms with Crippen LogP contribution in [0.2, 0.25) is 0 Å². The molecule has 0 unspecified atom stereocenters. The van der Waals surface area contributed by atoms with Crippen LogP contribution in [0.1, 0.15) is 37.7 Å². The minimum absolute atomic E-state index is 0.0861. The first kappa shape index (κ1) is 20.7. The Morgan fingerprint density at radius 3 is 2.59 bits per heavy atom. The zero-order valence-electron chi connectivity index (χ0n) is 17.7. The van der Waals surface area contributed by atoms with Crippen molar-refractivity contribution in [3.8, 4) is 29.0 Å². The number of halogens is 1. The number of hydrogen-bond acceptors (Lipinski definition) is 8. The molecule has 0 aromatic carbocycles. The molecule has 0 atom stereocenters. The van der Waals surface area contributed by atoms with Gasteiger partial charge in [-0.2, -0.15) is 0 Å². The molecule has 0 N–H and O–H groups in total. The molecule has 3 aromatic rings. The molecule has 8 nitrogen and oxygen atoms in total. The quantitative estimate of drug-likeness (QED) is 0.450. The third-order valence-corrected chi connectivity index (χ3v) is 5.82. The van der Waals surface area contributed by atoms with Crippen LogP contribution < -0.4 is 14.2 Å². The van der Waals surface area contributed by atoms with Crippen LogP contribution in [0.15, 0.2) is 47.2 Å². The van der Waals surface area contributed by atoms with Gasteiger partial charge in [-0.3, -0.25) is 0 Å². The van der Waals surface area contributed by atoms with E-state index in [4.69, 9.17) is 23.5 Å². The van der Waals surface area contributed by atoms with Crippen molar-refractivity contribution in [1.82, 2.24) is 15.1 Å². The van der Waals surface area contributed by atoms with Crippen LogP contribution in [-0.4, -0.2) is 41.2 Å². The molecule has 0 saturated heterocycles. The lowest BCUT2D eigenvalue weighted by Gasteiger charge is -2.41. The molecule has 2 aliphatic carbocycles. The highest BCUT2D eigenvalue weighted by molar-refractivity contribution is 5.57. The van der Waals surface area contributed by atoms with Gasteiger partial charge in [-0.15, -0.1) is 0 Å². The molecule has 3 aromatic heterocycles. The molecule has 0 radical (unpaired) electrons. The highest BCUT2D eigenvalue weighted by Gasteiger charge is 2.48. The molecule has 168 valence electrons. The lowest BCUT2D eigenvalue weighted by molar-refractivity contribution is -0.0488. The number of aromatic nitrogens is 3. The van der Waals surface area contributed by atoms with Gasteiger partial charge >= 0.3 is 0 Å². The summed E-state index contributed by atoms with van der Waals surface area (Å²) < 4.78 is 42.3. The van der Waals surface area contributed by atoms with E-state index in [0.29, 0.717) is 29.0 Å². The lowest BCUT2D eigenvalue weighted by Crippen LogP contribution is -2.44. The number of rotatable bonds is 9. The van der Waals surface area contributed by atoms with Crippen molar-refractivity contribution < 1.29 is 27.9 Å². The van der Waals surface area contributed by atoms with Crippen molar-refractivity contribution in [3.63, 3.8) is 0 Å². The fourth-order valence-corrected chi connectivity index (χ4v) is 3.74. The average Bonchev–Trinajstić information content (AvgIpc) is 3.23. The number of alkyl halides is 1. The maximum Gasteiger partial charge on any atom is 0.256 e. The average molecular weight is 441 g/mol. The summed E-state index contributed by atoms with van der Waals surface area (Å²) in [6.07, 6.45) is 6.94. The Morgan fingerprint density at radius 1 is 1.03 bits per heavy atom. The molecule has 0 bridgehead atoms. The Kier molecular flexibility index (Phi) is 5.65. The van der Waals surface area contributed by atoms with E-state index in [0.717, 1.165) is 18.4 Å². The summed E-state index contributed by atoms with van der Waals surface area (Å²) in [6, 6.07) is 8.60. The van der Waals surface area contributed by atoms with E-state index in [2.05, 4.69) is 15.1 Å². The SMILES string of the molecule is COCOc1cc(-c2ccc(O[C@H]3C[C@](F)(c4ccnc(OC5CCC5)c4)C3)nc2)on1. The third kappa shape index (κ3) is 4.38. The van der Waals surface area contributed by atoms with Crippen LogP contribution >= 0.6 is 0 Å². The van der Waals surface area contributed by atoms with E-state index in [9.17, 15) is 0 Å². The topological polar surface area (TPSA) is 88.7 Å². The molecule has 0 amide bonds. The second-order valence-corrected chi connectivity index (χ2v) is 8.13. The van der Waals surface area contributed by atoms with Crippen LogP contribution in [0, 0.1) is 0 Å². The van der Waals surface area contributed by atoms with E-state index in [1.165, 1.54) is 13.5 Å². The summed E-state index contributed by atoms with van der Waals surface area (Å²) in [5, 5.41) is 3.81. The van der Waals surface area contributed by atoms with E-state index < -0.39 is 5.67 Å². The van der Waals surface area contributed by atoms with Crippen LogP contribution in [0.25, 0.3) is 11.3 Å². The van der Waals surface area contributed by atoms with Crippen molar-refractivity contribution in [2.45, 2.75) is 50.0 Å². The lowest BCUT2D eigenvalue weighted by atomic mass is 9.74. The Morgan fingerprint density at radius 2 is 1.88 bits per heavy atom. The van der Waals surface area contributed by atoms with Gasteiger partial charge in [0.2, 0.25) is 11.8 Å². The number of ether oxygens (including phenoxy) is 4. The first-order valence-electron chi connectivity index (χ1n) is 10.6. The zero-order valence-corrected chi connectivity index (χ0v) is 17.7. The number of nitrogens with zero attached hydrogens (tertiary/aromatic N) is 3. The second kappa shape index (κ2) is 8.74. The van der Waals surface area contributed by atoms with Gasteiger partial charge in [0.1, 0.15) is 17.9 Å². The monoisotopic (exact) mass is 441 g/mol. The standard InChI is InChI=1S/C23H24FN3O5/c1-28-14-29-22-10-19(32-27-22)15-5-6-20(26-13-15)31-18-11-23(24,12-18)16-7-8-25-21(9-16)30-17-3-2-4-17/h5-10,13,17-18H,2-4,11-12,14H2,1H3/t18-,23+. The van der Waals surface area contributed by atoms with Gasteiger partial charge in [-0.25, -0.2) is 14.4 Å². The molecule has 0 aliphatic heterocycles. The maximum atomic E-state index is 15.4. The second-order valence-electron chi connectivity index (χ2n) is 8.13. The maximum absolute atomic E-state index is 15.4. The highest BCUT2D eigenvalue weighted by Crippen LogP contribution is 2.47. The van der Waals surface area contributed by atoms with Crippen LogP contribution in [0.4, 0.5) is 4.39 Å². The van der Waals surface area contributed by atoms with Gasteiger partial charge in [-0.1, -0.05) is 0 Å². The molecule has 2 saturated carbocycles. The van der Waals surface area contributed by atoms with Gasteiger partial charge in [0.05, 0.1) is 0 Å². The van der Waals surface area contributed by atoms with E-state index in [-0.39, 0.29) is 31.8 Å². The van der Waals surface area contributed by atoms with Gasteiger partial charge < -0.3 is 23.5 Å². The Bertz CT molecular complexity index is 1050. The normalized spacial score (nSPS) is 22.6. The Hall–Kier alpha value is -3.20. The molecule has 2 fully saturated rings. The predicted octanol–water partition coefficient (Wildman–Crippen LogP) is 4.45. The van der Waals surface area contributed by atoms with Crippen LogP contribution in [0.5, 0.6) is 17.6 Å². The predicted molar refractivity (Wildman–Crippen MR) is 111 cm³/mol. The smallest absolute Gasteiger partial charge is 0.256 e. The molecule has 0 spiro atoms. The zero-order chi connectivity index (χ0) is 22.0. The minimum atomic E-state index is -1.44. The largest absolute Gasteiger partial charge is 0.474 e. The molecule has 3 heterocycles. The van der Waals surface area contributed by atoms with E-state index in [1.54, 1.807) is 42.7 Å². The molecular formula is C23H24FN3O5. The molecule has 32 heavy (non-hydrogen) atoms. The number of pyridine rings is 2. The fourth-order valence-electron chi connectivity index (χ4n) is 3.74. The summed E-state index contributed by atoms with van der Waals surface area (Å²) in [5.41, 5.74) is -0.132. The summed E-state index contributed by atoms with van der Waals surface area (Å²) in [7, 11) is 1.53. The van der Waals surface area contributed by atoms with Gasteiger partial charge in [0.15, 0.2) is 12.6 Å². The van der Waals surface area contributed by atoms with Crippen molar-refractivity contribution in [3.05, 3.63) is 48.3 Å². The van der Waals surface area contributed by atoms with Gasteiger partial charge in [-0.05, 0) is 42.1 Å². The summed E-state index contributed by atoms with van der Waals surface area (Å²) >= 11 is 0. The molecular weight excluding hydrogens is 417 g/mol. The van der Waals surface area contributed by atoms with Crippen molar-refractivity contribution >= 4 is 0 Å². The van der Waals surface area contributed by atoms with Crippen molar-refractivity contribution in [2.75, 3.05) is 13.9 Å². The van der Waals surface area contributed by atoms with Crippen LogP contribution in [0.3, 0.4) is 0 Å². The highest BCUT2D eigenvalue weighted by atomic mass is 19.1. The third-order valence-electron chi connectivity index (χ3n) is 5.82. The van der Waals surface area contributed by atoms with Crippen molar-refractivity contribution in [2.24, 2.45) is 0 Å². The Labute approximate surface area is 184 Å². The first-order valence-corrected chi connectivity index (χ1v) is 10.6. The van der Waals surface area contributed by atoms with Crippen molar-refractivity contribution in [1.29, 1.82) is 0 Å². The van der Waals surface area contributed by atoms with Gasteiger partial charge in [0, 0.05) is 56.1 Å².